The Morgan fingerprint density at radius 3 is 1.54 bits per heavy atom. The van der Waals surface area contributed by atoms with E-state index in [0.717, 1.165) is 21.5 Å². The molecule has 21 heteroatoms. The van der Waals surface area contributed by atoms with Crippen LogP contribution in [-0.2, 0) is 35.6 Å². The van der Waals surface area contributed by atoms with E-state index in [1.165, 1.54) is 13.8 Å². The van der Waals surface area contributed by atoms with Gasteiger partial charge in [-0.3, -0.25) is 9.05 Å². The van der Waals surface area contributed by atoms with E-state index in [0.29, 0.717) is 0 Å². The Hall–Kier alpha value is -1.94. The summed E-state index contributed by atoms with van der Waals surface area (Å²) >= 11 is 11.5. The summed E-state index contributed by atoms with van der Waals surface area (Å²) in [6.07, 6.45) is -0.855. The summed E-state index contributed by atoms with van der Waals surface area (Å²) < 4.78 is 40.7. The fraction of sp³-hybridized carbons (Fsp3) is 0.571. The van der Waals surface area contributed by atoms with Crippen molar-refractivity contribution in [2.45, 2.75) is 39.1 Å². The van der Waals surface area contributed by atoms with Gasteiger partial charge in [0.2, 0.25) is 0 Å². The number of nitrogens with zero attached hydrogens (tertiary/aromatic N) is 6. The molecule has 2 heterocycles. The van der Waals surface area contributed by atoms with Crippen LogP contribution in [0.1, 0.15) is 11.6 Å². The second-order valence-corrected chi connectivity index (χ2v) is 10.4. The molecule has 196 valence electrons. The van der Waals surface area contributed by atoms with Gasteiger partial charge in [-0.15, -0.1) is 23.2 Å². The van der Waals surface area contributed by atoms with E-state index < -0.39 is 74.2 Å². The zero-order valence-electron chi connectivity index (χ0n) is 18.0. The lowest BCUT2D eigenvalue weighted by Crippen LogP contribution is -2.24. The molecule has 0 saturated carbocycles. The van der Waals surface area contributed by atoms with Crippen molar-refractivity contribution in [1.29, 1.82) is 0 Å². The number of hydrogen-bond donors (Lipinski definition) is 2. The van der Waals surface area contributed by atoms with Gasteiger partial charge in [0.15, 0.2) is 11.6 Å². The Bertz CT molecular complexity index is 1090. The monoisotopic (exact) mass is 580 g/mol. The highest BCUT2D eigenvalue weighted by molar-refractivity contribution is 7.61. The molecule has 2 rings (SSSR count). The maximum atomic E-state index is 12.4. The van der Waals surface area contributed by atoms with Crippen LogP contribution in [0.5, 0.6) is 0 Å². The summed E-state index contributed by atoms with van der Waals surface area (Å²) in [6.45, 7) is 2.04. The van der Waals surface area contributed by atoms with Crippen molar-refractivity contribution >= 4 is 50.5 Å². The number of rotatable bonds is 14. The normalized spacial score (nSPS) is 16.9. The van der Waals surface area contributed by atoms with Crippen molar-refractivity contribution in [3.8, 4) is 0 Å². The average molecular weight is 581 g/mol. The first-order valence-electron chi connectivity index (χ1n) is 9.38. The first kappa shape index (κ1) is 29.3. The second kappa shape index (κ2) is 11.9. The average Bonchev–Trinajstić information content (AvgIpc) is 3.28. The van der Waals surface area contributed by atoms with Crippen LogP contribution in [0.15, 0.2) is 12.4 Å². The molecule has 4 atom stereocenters. The summed E-state index contributed by atoms with van der Waals surface area (Å²) in [5.41, 5.74) is 0. The molecule has 2 aromatic heterocycles. The number of halogens is 2. The topological polar surface area (TPSA) is 224 Å². The summed E-state index contributed by atoms with van der Waals surface area (Å²) in [5.74, 6) is -1.47. The van der Waals surface area contributed by atoms with Crippen LogP contribution >= 0.6 is 38.8 Å². The molecule has 0 aliphatic heterocycles. The zero-order valence-corrected chi connectivity index (χ0v) is 21.3. The Kier molecular flexibility index (Phi) is 9.93. The third kappa shape index (κ3) is 8.03. The molecule has 0 aliphatic rings. The third-order valence-corrected chi connectivity index (χ3v) is 7.80. The van der Waals surface area contributed by atoms with Crippen LogP contribution in [0.2, 0.25) is 0 Å². The number of hydrogen-bond acceptors (Lipinski definition) is 11. The molecule has 0 radical (unpaired) electrons. The molecule has 0 bridgehead atoms. The summed E-state index contributed by atoms with van der Waals surface area (Å²) in [4.78, 5) is 48.2. The van der Waals surface area contributed by atoms with Crippen LogP contribution in [0, 0.1) is 34.1 Å². The second-order valence-electron chi connectivity index (χ2n) is 6.84. The third-order valence-electron chi connectivity index (χ3n) is 4.33. The fourth-order valence-corrected chi connectivity index (χ4v) is 5.71. The lowest BCUT2D eigenvalue weighted by Gasteiger charge is -2.22. The molecule has 2 N–H and O–H groups in total. The van der Waals surface area contributed by atoms with E-state index in [-0.39, 0.29) is 11.6 Å². The van der Waals surface area contributed by atoms with E-state index in [1.54, 1.807) is 0 Å². The lowest BCUT2D eigenvalue weighted by molar-refractivity contribution is -0.392. The van der Waals surface area contributed by atoms with Gasteiger partial charge in [-0.25, -0.2) is 28.2 Å². The SMILES string of the molecule is Cc1ncc([N+](=O)[O-])n1CC(CCl)OP(=O)(O)OP(=O)(O)O[C@@H](CCl)Cn1c([N+](=O)[O-])cnc1C. The molecule has 0 amide bonds. The molecule has 0 aromatic carbocycles. The van der Waals surface area contributed by atoms with Gasteiger partial charge in [-0.05, 0) is 9.85 Å². The van der Waals surface area contributed by atoms with E-state index in [1.807, 2.05) is 0 Å². The Morgan fingerprint density at radius 2 is 1.26 bits per heavy atom. The number of nitro groups is 2. The van der Waals surface area contributed by atoms with Crippen molar-refractivity contribution < 1.29 is 42.1 Å². The number of alkyl halides is 2. The smallest absolute Gasteiger partial charge is 0.358 e. The minimum absolute atomic E-state index is 0.175. The highest BCUT2D eigenvalue weighted by Crippen LogP contribution is 2.61. The van der Waals surface area contributed by atoms with Gasteiger partial charge < -0.3 is 30.0 Å². The number of aryl methyl sites for hydroxylation is 2. The molecule has 0 aliphatic carbocycles. The number of aromatic nitrogens is 4. The minimum atomic E-state index is -5.33. The molecule has 0 spiro atoms. The predicted octanol–water partition coefficient (Wildman–Crippen LogP) is 2.68. The van der Waals surface area contributed by atoms with Gasteiger partial charge in [0.1, 0.15) is 37.7 Å². The fourth-order valence-electron chi connectivity index (χ4n) is 2.83. The van der Waals surface area contributed by atoms with Crippen LogP contribution in [0.3, 0.4) is 0 Å². The highest BCUT2D eigenvalue weighted by Gasteiger charge is 2.40. The van der Waals surface area contributed by atoms with Gasteiger partial charge >= 0.3 is 27.3 Å². The Balaban J connectivity index is 2.10. The zero-order chi connectivity index (χ0) is 26.6. The summed E-state index contributed by atoms with van der Waals surface area (Å²) in [7, 11) is -10.7. The van der Waals surface area contributed by atoms with E-state index in [9.17, 15) is 39.1 Å². The van der Waals surface area contributed by atoms with Gasteiger partial charge in [-0.2, -0.15) is 4.31 Å². The van der Waals surface area contributed by atoms with E-state index in [2.05, 4.69) is 14.3 Å². The minimum Gasteiger partial charge on any atom is -0.358 e. The first-order chi connectivity index (χ1) is 16.2. The number of phosphoric ester groups is 2. The highest BCUT2D eigenvalue weighted by atomic mass is 35.5. The summed E-state index contributed by atoms with van der Waals surface area (Å²) in [5, 5.41) is 22.2. The van der Waals surface area contributed by atoms with Gasteiger partial charge in [-0.1, -0.05) is 0 Å². The van der Waals surface area contributed by atoms with Gasteiger partial charge in [0.05, 0.1) is 11.8 Å². The molecule has 3 unspecified atom stereocenters. The van der Waals surface area contributed by atoms with Crippen molar-refractivity contribution in [3.63, 3.8) is 0 Å². The largest absolute Gasteiger partial charge is 0.481 e. The van der Waals surface area contributed by atoms with Crippen molar-refractivity contribution in [2.24, 2.45) is 0 Å². The molecule has 2 aromatic rings. The molecule has 0 fully saturated rings. The maximum Gasteiger partial charge on any atom is 0.481 e. The maximum absolute atomic E-state index is 12.4. The van der Waals surface area contributed by atoms with Gasteiger partial charge in [0.25, 0.3) is 0 Å². The van der Waals surface area contributed by atoms with E-state index >= 15 is 0 Å². The van der Waals surface area contributed by atoms with Crippen LogP contribution in [0.25, 0.3) is 0 Å². The van der Waals surface area contributed by atoms with Crippen LogP contribution in [0.4, 0.5) is 11.6 Å². The lowest BCUT2D eigenvalue weighted by atomic mass is 10.4. The molecule has 17 nitrogen and oxygen atoms in total. The number of phosphoric acid groups is 2. The van der Waals surface area contributed by atoms with Crippen molar-refractivity contribution in [3.05, 3.63) is 44.3 Å². The molecular formula is C14H20Cl2N6O11P2. The Labute approximate surface area is 207 Å². The van der Waals surface area contributed by atoms with Crippen LogP contribution < -0.4 is 0 Å². The summed E-state index contributed by atoms with van der Waals surface area (Å²) in [6, 6.07) is 0. The molecule has 35 heavy (non-hydrogen) atoms. The van der Waals surface area contributed by atoms with Gasteiger partial charge in [0, 0.05) is 13.8 Å². The standard InChI is InChI=1S/C14H20Cl2N6O11P2/c1-9-17-5-13(21(23)24)19(9)7-11(3-15)31-34(27,28)33-35(29,30)32-12(4-16)8-20-10(2)18-6-14(20)22(25)26/h5-6,11-12H,3-4,7-8H2,1-2H3,(H,27,28)(H,29,30)/t11-,12?/m0/s1. The van der Waals surface area contributed by atoms with E-state index in [4.69, 9.17) is 32.2 Å². The molecule has 0 saturated heterocycles. The predicted molar refractivity (Wildman–Crippen MR) is 119 cm³/mol. The quantitative estimate of drug-likeness (QED) is 0.142. The number of imidazole rings is 2. The molecular weight excluding hydrogens is 561 g/mol. The van der Waals surface area contributed by atoms with Crippen molar-refractivity contribution in [2.75, 3.05) is 11.8 Å². The van der Waals surface area contributed by atoms with Crippen LogP contribution in [-0.4, -0.2) is 62.7 Å². The van der Waals surface area contributed by atoms with Crippen molar-refractivity contribution in [1.82, 2.24) is 19.1 Å². The first-order valence-corrected chi connectivity index (χ1v) is 13.4. The Morgan fingerprint density at radius 1 is 0.914 bits per heavy atom.